The highest BCUT2D eigenvalue weighted by atomic mass is 15.2. The van der Waals surface area contributed by atoms with Crippen molar-refractivity contribution in [1.82, 2.24) is 19.6 Å². The Kier molecular flexibility index (Phi) is 17.1. The van der Waals surface area contributed by atoms with E-state index in [9.17, 15) is 0 Å². The molecule has 20 heavy (non-hydrogen) atoms. The van der Waals surface area contributed by atoms with E-state index >= 15 is 0 Å². The maximum atomic E-state index is 2.49. The van der Waals surface area contributed by atoms with Crippen LogP contribution < -0.4 is 0 Å². The Morgan fingerprint density at radius 2 is 0.800 bits per heavy atom. The van der Waals surface area contributed by atoms with Crippen LogP contribution in [-0.2, 0) is 0 Å². The molecule has 0 spiro atoms. The highest BCUT2D eigenvalue weighted by Gasteiger charge is 2.10. The van der Waals surface area contributed by atoms with Gasteiger partial charge in [-0.2, -0.15) is 0 Å². The molecule has 0 atom stereocenters. The first-order chi connectivity index (χ1) is 8.11. The van der Waals surface area contributed by atoms with Crippen LogP contribution in [0.25, 0.3) is 0 Å². The van der Waals surface area contributed by atoms with E-state index in [4.69, 9.17) is 0 Å². The Labute approximate surface area is 129 Å². The fraction of sp³-hybridized carbons (Fsp3) is 1.00. The quantitative estimate of drug-likeness (QED) is 0.732. The molecule has 2 saturated heterocycles. The molecule has 0 radical (unpaired) electrons. The normalized spacial score (nSPS) is 21.6. The van der Waals surface area contributed by atoms with E-state index in [0.29, 0.717) is 0 Å². The van der Waals surface area contributed by atoms with Crippen molar-refractivity contribution in [1.29, 1.82) is 0 Å². The predicted octanol–water partition coefficient (Wildman–Crippen LogP) is 2.03. The summed E-state index contributed by atoms with van der Waals surface area (Å²) in [6.07, 6.45) is 0. The summed E-state index contributed by atoms with van der Waals surface area (Å²) in [5.74, 6) is 0. The van der Waals surface area contributed by atoms with Gasteiger partial charge in [-0.1, -0.05) is 29.2 Å². The molecule has 2 heterocycles. The molecule has 0 aliphatic carbocycles. The van der Waals surface area contributed by atoms with Crippen molar-refractivity contribution < 1.29 is 0 Å². The van der Waals surface area contributed by atoms with Gasteiger partial charge in [0, 0.05) is 52.4 Å². The Bertz CT molecular complexity index is 173. The fourth-order valence-electron chi connectivity index (χ4n) is 2.07. The van der Waals surface area contributed by atoms with Gasteiger partial charge in [-0.05, 0) is 27.7 Å². The zero-order valence-corrected chi connectivity index (χ0v) is 12.2. The van der Waals surface area contributed by atoms with Crippen LogP contribution in [0, 0.1) is 0 Å². The van der Waals surface area contributed by atoms with Gasteiger partial charge in [0.1, 0.15) is 0 Å². The van der Waals surface area contributed by atoms with Gasteiger partial charge in [0.25, 0.3) is 0 Å². The zero-order chi connectivity index (χ0) is 12.7. The molecule has 2 aliphatic rings. The third kappa shape index (κ3) is 10.6. The van der Waals surface area contributed by atoms with Crippen LogP contribution in [0.1, 0.15) is 29.2 Å². The minimum absolute atomic E-state index is 0. The van der Waals surface area contributed by atoms with E-state index in [1.807, 2.05) is 0 Å². The minimum Gasteiger partial charge on any atom is -0.304 e. The third-order valence-electron chi connectivity index (χ3n) is 3.77. The van der Waals surface area contributed by atoms with Crippen LogP contribution in [0.2, 0.25) is 0 Å². The lowest BCUT2D eigenvalue weighted by atomic mass is 10.3. The summed E-state index contributed by atoms with van der Waals surface area (Å²) in [6, 6.07) is 0. The maximum Gasteiger partial charge on any atom is 0.0110 e. The first kappa shape index (κ1) is 24.8. The molecule has 0 N–H and O–H groups in total. The molecule has 2 fully saturated rings. The Hall–Kier alpha value is -0.160. The van der Waals surface area contributed by atoms with Gasteiger partial charge in [0.05, 0.1) is 0 Å². The first-order valence-corrected chi connectivity index (χ1v) is 6.89. The van der Waals surface area contributed by atoms with Gasteiger partial charge in [0.2, 0.25) is 0 Å². The van der Waals surface area contributed by atoms with Crippen LogP contribution in [-0.4, -0.2) is 99.6 Å². The molecule has 4 nitrogen and oxygen atoms in total. The smallest absolute Gasteiger partial charge is 0.0110 e. The standard InChI is InChI=1S/C7H16N2.C6H14N2.3CH4/c1-3-9-6-4-8(2)5-7-9;1-7-3-5-8(2)6-4-7;;;/h3-7H2,1-2H3;3-6H2,1-2H3;3*1H4. The van der Waals surface area contributed by atoms with Gasteiger partial charge in [-0.15, -0.1) is 0 Å². The Morgan fingerprint density at radius 3 is 1.05 bits per heavy atom. The lowest BCUT2D eigenvalue weighted by Crippen LogP contribution is -2.44. The Morgan fingerprint density at radius 1 is 0.550 bits per heavy atom. The van der Waals surface area contributed by atoms with Gasteiger partial charge >= 0.3 is 0 Å². The molecular weight excluding hydrogens is 248 g/mol. The van der Waals surface area contributed by atoms with Gasteiger partial charge < -0.3 is 19.6 Å². The second kappa shape index (κ2) is 13.8. The first-order valence-electron chi connectivity index (χ1n) is 6.89. The lowest BCUT2D eigenvalue weighted by molar-refractivity contribution is 0.160. The van der Waals surface area contributed by atoms with E-state index in [2.05, 4.69) is 47.7 Å². The summed E-state index contributed by atoms with van der Waals surface area (Å²) in [5.41, 5.74) is 0. The monoisotopic (exact) mass is 290 g/mol. The molecular formula is C16H42N4. The molecule has 2 rings (SSSR count). The summed E-state index contributed by atoms with van der Waals surface area (Å²) in [7, 11) is 6.53. The number of piperazine rings is 2. The molecule has 0 aromatic heterocycles. The molecule has 0 unspecified atom stereocenters. The van der Waals surface area contributed by atoms with Crippen molar-refractivity contribution in [3.05, 3.63) is 0 Å². The molecule has 0 amide bonds. The number of nitrogens with zero attached hydrogens (tertiary/aromatic N) is 4. The summed E-state index contributed by atoms with van der Waals surface area (Å²) in [5, 5.41) is 0. The van der Waals surface area contributed by atoms with Gasteiger partial charge in [-0.25, -0.2) is 0 Å². The van der Waals surface area contributed by atoms with E-state index in [-0.39, 0.29) is 22.3 Å². The molecule has 2 aliphatic heterocycles. The van der Waals surface area contributed by atoms with E-state index in [1.165, 1.54) is 58.9 Å². The zero-order valence-electron chi connectivity index (χ0n) is 12.2. The van der Waals surface area contributed by atoms with Crippen LogP contribution in [0.4, 0.5) is 0 Å². The van der Waals surface area contributed by atoms with E-state index in [0.717, 1.165) is 0 Å². The summed E-state index contributed by atoms with van der Waals surface area (Å²) in [6.45, 7) is 13.4. The lowest BCUT2D eigenvalue weighted by Gasteiger charge is -2.31. The summed E-state index contributed by atoms with van der Waals surface area (Å²) >= 11 is 0. The number of hydrogen-bond donors (Lipinski definition) is 0. The average Bonchev–Trinajstić information content (AvgIpc) is 2.35. The van der Waals surface area contributed by atoms with Crippen molar-refractivity contribution in [3.8, 4) is 0 Å². The third-order valence-corrected chi connectivity index (χ3v) is 3.77. The van der Waals surface area contributed by atoms with Crippen LogP contribution >= 0.6 is 0 Å². The minimum atomic E-state index is 0. The van der Waals surface area contributed by atoms with Crippen molar-refractivity contribution in [2.45, 2.75) is 29.2 Å². The predicted molar refractivity (Wildman–Crippen MR) is 94.8 cm³/mol. The van der Waals surface area contributed by atoms with Crippen molar-refractivity contribution in [2.75, 3.05) is 80.0 Å². The Balaban J connectivity index is -0.000000252. The highest BCUT2D eigenvalue weighted by molar-refractivity contribution is 4.67. The van der Waals surface area contributed by atoms with E-state index < -0.39 is 0 Å². The average molecular weight is 291 g/mol. The summed E-state index contributed by atoms with van der Waals surface area (Å²) < 4.78 is 0. The number of rotatable bonds is 1. The molecule has 0 saturated carbocycles. The van der Waals surface area contributed by atoms with Crippen molar-refractivity contribution in [3.63, 3.8) is 0 Å². The molecule has 0 bridgehead atoms. The maximum absolute atomic E-state index is 2.49. The van der Waals surface area contributed by atoms with Crippen LogP contribution in [0.5, 0.6) is 0 Å². The number of likely N-dealkylation sites (N-methyl/N-ethyl adjacent to an activating group) is 4. The second-order valence-electron chi connectivity index (χ2n) is 5.34. The largest absolute Gasteiger partial charge is 0.304 e. The van der Waals surface area contributed by atoms with Crippen molar-refractivity contribution >= 4 is 0 Å². The molecule has 0 aromatic rings. The molecule has 0 aromatic carbocycles. The van der Waals surface area contributed by atoms with Crippen LogP contribution in [0.15, 0.2) is 0 Å². The van der Waals surface area contributed by atoms with Crippen molar-refractivity contribution in [2.24, 2.45) is 0 Å². The summed E-state index contributed by atoms with van der Waals surface area (Å²) in [4.78, 5) is 9.59. The number of hydrogen-bond acceptors (Lipinski definition) is 4. The van der Waals surface area contributed by atoms with Crippen LogP contribution in [0.3, 0.4) is 0 Å². The van der Waals surface area contributed by atoms with E-state index in [1.54, 1.807) is 0 Å². The fourth-order valence-corrected chi connectivity index (χ4v) is 2.07. The molecule has 126 valence electrons. The topological polar surface area (TPSA) is 13.0 Å². The molecule has 4 heteroatoms. The SMILES string of the molecule is C.C.C.CCN1CCN(C)CC1.CN1CCN(C)CC1. The van der Waals surface area contributed by atoms with Gasteiger partial charge in [0.15, 0.2) is 0 Å². The second-order valence-corrected chi connectivity index (χ2v) is 5.34. The van der Waals surface area contributed by atoms with Gasteiger partial charge in [-0.3, -0.25) is 0 Å². The highest BCUT2D eigenvalue weighted by Crippen LogP contribution is 1.96.